The Morgan fingerprint density at radius 3 is 1.80 bits per heavy atom. The second kappa shape index (κ2) is 13.8. The highest BCUT2D eigenvalue weighted by atomic mass is 19.3. The van der Waals surface area contributed by atoms with E-state index in [1.807, 2.05) is 13.8 Å². The van der Waals surface area contributed by atoms with Crippen molar-refractivity contribution in [1.82, 2.24) is 0 Å². The van der Waals surface area contributed by atoms with E-state index in [-0.39, 0.29) is 12.8 Å². The fourth-order valence-electron chi connectivity index (χ4n) is 2.70. The largest absolute Gasteiger partial charge is 0.248 e. The summed E-state index contributed by atoms with van der Waals surface area (Å²) in [6.07, 6.45) is 7.87. The fraction of sp³-hybridized carbons (Fsp3) is 1.00. The number of hydrogen-bond acceptors (Lipinski definition) is 0. The molecule has 0 aromatic rings. The Kier molecular flexibility index (Phi) is 15.3. The van der Waals surface area contributed by atoms with E-state index in [4.69, 9.17) is 0 Å². The van der Waals surface area contributed by atoms with E-state index in [2.05, 4.69) is 27.7 Å². The molecule has 0 nitrogen and oxygen atoms in total. The topological polar surface area (TPSA) is 0 Å². The third-order valence-corrected chi connectivity index (χ3v) is 3.78. The van der Waals surface area contributed by atoms with Crippen LogP contribution in [0.2, 0.25) is 0 Å². The monoisotopic (exact) mass is 292 g/mol. The quantitative estimate of drug-likeness (QED) is 0.493. The zero-order chi connectivity index (χ0) is 16.0. The summed E-state index contributed by atoms with van der Waals surface area (Å²) in [4.78, 5) is 0. The Morgan fingerprint density at radius 1 is 1.00 bits per heavy atom. The molecule has 0 saturated heterocycles. The Bertz CT molecular complexity index is 180. The molecule has 2 heteroatoms. The minimum absolute atomic E-state index is 0.125. The molecule has 20 heavy (non-hydrogen) atoms. The van der Waals surface area contributed by atoms with Crippen LogP contribution in [0.5, 0.6) is 0 Å². The number of hydrogen-bond donors (Lipinski definition) is 0. The first-order chi connectivity index (χ1) is 9.49. The van der Waals surface area contributed by atoms with Gasteiger partial charge in [0.15, 0.2) is 0 Å². The molecule has 1 fully saturated rings. The lowest BCUT2D eigenvalue weighted by Crippen LogP contribution is -2.25. The molecule has 0 aromatic carbocycles. The lowest BCUT2D eigenvalue weighted by molar-refractivity contribution is -0.0481. The maximum Gasteiger partial charge on any atom is 0.248 e. The molecule has 124 valence electrons. The van der Waals surface area contributed by atoms with Crippen molar-refractivity contribution in [1.29, 1.82) is 0 Å². The van der Waals surface area contributed by atoms with Gasteiger partial charge in [0.1, 0.15) is 0 Å². The first-order valence-corrected chi connectivity index (χ1v) is 8.86. The first-order valence-electron chi connectivity index (χ1n) is 8.86. The van der Waals surface area contributed by atoms with Crippen LogP contribution in [0, 0.1) is 11.8 Å². The van der Waals surface area contributed by atoms with Crippen LogP contribution in [0.1, 0.15) is 99.3 Å². The van der Waals surface area contributed by atoms with Gasteiger partial charge in [0.2, 0.25) is 5.92 Å². The molecule has 0 radical (unpaired) electrons. The average Bonchev–Trinajstić information content (AvgIpc) is 2.43. The van der Waals surface area contributed by atoms with E-state index in [9.17, 15) is 8.78 Å². The molecule has 1 unspecified atom stereocenters. The van der Waals surface area contributed by atoms with E-state index in [0.717, 1.165) is 18.8 Å². The van der Waals surface area contributed by atoms with Crippen molar-refractivity contribution >= 4 is 0 Å². The molecule has 1 aliphatic carbocycles. The Labute approximate surface area is 126 Å². The van der Waals surface area contributed by atoms with Crippen LogP contribution in [-0.2, 0) is 0 Å². The summed E-state index contributed by atoms with van der Waals surface area (Å²) in [5, 5.41) is 0. The van der Waals surface area contributed by atoms with Crippen LogP contribution in [0.3, 0.4) is 0 Å². The predicted molar refractivity (Wildman–Crippen MR) is 87.5 cm³/mol. The lowest BCUT2D eigenvalue weighted by atomic mass is 9.79. The van der Waals surface area contributed by atoms with Crippen molar-refractivity contribution in [3.8, 4) is 0 Å². The van der Waals surface area contributed by atoms with Gasteiger partial charge in [-0.3, -0.25) is 0 Å². The molecule has 0 N–H and O–H groups in total. The SMILES string of the molecule is CC.CCC.CCCC(CC)CC1CCC(F)(F)CC1. The summed E-state index contributed by atoms with van der Waals surface area (Å²) in [5.74, 6) is -1.02. The molecule has 1 rings (SSSR count). The van der Waals surface area contributed by atoms with E-state index >= 15 is 0 Å². The molecule has 1 atom stereocenters. The van der Waals surface area contributed by atoms with Gasteiger partial charge in [0.25, 0.3) is 0 Å². The minimum atomic E-state index is -2.36. The zero-order valence-electron chi connectivity index (χ0n) is 14.8. The van der Waals surface area contributed by atoms with Gasteiger partial charge in [-0.25, -0.2) is 8.78 Å². The number of rotatable bonds is 5. The minimum Gasteiger partial charge on any atom is -0.207 e. The number of alkyl halides is 2. The van der Waals surface area contributed by atoms with E-state index in [1.165, 1.54) is 32.1 Å². The van der Waals surface area contributed by atoms with Crippen molar-refractivity contribution in [2.75, 3.05) is 0 Å². The van der Waals surface area contributed by atoms with Gasteiger partial charge in [-0.05, 0) is 31.1 Å². The van der Waals surface area contributed by atoms with Gasteiger partial charge < -0.3 is 0 Å². The number of halogens is 2. The van der Waals surface area contributed by atoms with Gasteiger partial charge >= 0.3 is 0 Å². The normalized spacial score (nSPS) is 19.2. The summed E-state index contributed by atoms with van der Waals surface area (Å²) < 4.78 is 25.9. The highest BCUT2D eigenvalue weighted by Crippen LogP contribution is 2.39. The van der Waals surface area contributed by atoms with Gasteiger partial charge in [-0.15, -0.1) is 0 Å². The van der Waals surface area contributed by atoms with Crippen LogP contribution in [0.4, 0.5) is 8.78 Å². The van der Waals surface area contributed by atoms with Crippen LogP contribution in [0.15, 0.2) is 0 Å². The van der Waals surface area contributed by atoms with Crippen LogP contribution in [0.25, 0.3) is 0 Å². The highest BCUT2D eigenvalue weighted by Gasteiger charge is 2.35. The third kappa shape index (κ3) is 11.7. The smallest absolute Gasteiger partial charge is 0.207 e. The predicted octanol–water partition coefficient (Wildman–Crippen LogP) is 7.47. The molecule has 0 amide bonds. The third-order valence-electron chi connectivity index (χ3n) is 3.78. The molecule has 0 spiro atoms. The fourth-order valence-corrected chi connectivity index (χ4v) is 2.70. The Morgan fingerprint density at radius 2 is 1.45 bits per heavy atom. The Hall–Kier alpha value is -0.140. The van der Waals surface area contributed by atoms with E-state index in [0.29, 0.717) is 5.92 Å². The molecular weight excluding hydrogens is 254 g/mol. The molecular formula is C18H38F2. The van der Waals surface area contributed by atoms with Crippen molar-refractivity contribution in [2.45, 2.75) is 105 Å². The van der Waals surface area contributed by atoms with E-state index < -0.39 is 5.92 Å². The highest BCUT2D eigenvalue weighted by molar-refractivity contribution is 4.78. The zero-order valence-corrected chi connectivity index (χ0v) is 14.8. The van der Waals surface area contributed by atoms with Crippen LogP contribution in [-0.4, -0.2) is 5.92 Å². The molecule has 0 aromatic heterocycles. The van der Waals surface area contributed by atoms with Crippen molar-refractivity contribution in [3.63, 3.8) is 0 Å². The maximum absolute atomic E-state index is 12.9. The average molecular weight is 292 g/mol. The summed E-state index contributed by atoms with van der Waals surface area (Å²) in [6, 6.07) is 0. The van der Waals surface area contributed by atoms with Crippen LogP contribution < -0.4 is 0 Å². The van der Waals surface area contributed by atoms with Crippen molar-refractivity contribution < 1.29 is 8.78 Å². The summed E-state index contributed by atoms with van der Waals surface area (Å²) in [6.45, 7) is 12.7. The van der Waals surface area contributed by atoms with Gasteiger partial charge in [0.05, 0.1) is 0 Å². The summed E-state index contributed by atoms with van der Waals surface area (Å²) in [7, 11) is 0. The second-order valence-corrected chi connectivity index (χ2v) is 5.81. The summed E-state index contributed by atoms with van der Waals surface area (Å²) in [5.41, 5.74) is 0. The molecule has 0 bridgehead atoms. The standard InChI is InChI=1S/C13H24F2.C3H8.C2H6/c1-3-5-11(4-2)10-12-6-8-13(14,15)9-7-12;1-3-2;1-2/h11-12H,3-10H2,1-2H3;3H2,1-2H3;1-2H3. The lowest BCUT2D eigenvalue weighted by Gasteiger charge is -2.30. The van der Waals surface area contributed by atoms with Gasteiger partial charge in [-0.2, -0.15) is 0 Å². The first kappa shape index (κ1) is 22.1. The van der Waals surface area contributed by atoms with Gasteiger partial charge in [-0.1, -0.05) is 67.2 Å². The summed E-state index contributed by atoms with van der Waals surface area (Å²) >= 11 is 0. The Balaban J connectivity index is 0. The molecule has 1 aliphatic rings. The van der Waals surface area contributed by atoms with Crippen LogP contribution >= 0.6 is 0 Å². The van der Waals surface area contributed by atoms with Crippen molar-refractivity contribution in [3.05, 3.63) is 0 Å². The maximum atomic E-state index is 12.9. The second-order valence-electron chi connectivity index (χ2n) is 5.81. The molecule has 1 saturated carbocycles. The van der Waals surface area contributed by atoms with Crippen molar-refractivity contribution in [2.24, 2.45) is 11.8 Å². The van der Waals surface area contributed by atoms with Gasteiger partial charge in [0, 0.05) is 12.8 Å². The van der Waals surface area contributed by atoms with E-state index in [1.54, 1.807) is 0 Å². The molecule has 0 aliphatic heterocycles. The molecule has 0 heterocycles.